The molecular weight excluding hydrogens is 144 g/mol. The van der Waals surface area contributed by atoms with Crippen LogP contribution in [0.3, 0.4) is 0 Å². The number of hydrogen-bond donors (Lipinski definition) is 2. The summed E-state index contributed by atoms with van der Waals surface area (Å²) in [6.07, 6.45) is -0.955. The first kappa shape index (κ1) is 8.97. The molecule has 0 aromatic carbocycles. The van der Waals surface area contributed by atoms with Gasteiger partial charge in [-0.05, 0) is 12.3 Å². The molecule has 0 radical (unpaired) electrons. The third kappa shape index (κ3) is 1.92. The van der Waals surface area contributed by atoms with Crippen molar-refractivity contribution in [3.05, 3.63) is 0 Å². The largest absolute Gasteiger partial charge is 0.390 e. The van der Waals surface area contributed by atoms with Gasteiger partial charge in [0.2, 0.25) is 0 Å². The van der Waals surface area contributed by atoms with Gasteiger partial charge in [0.05, 0.1) is 12.2 Å². The molecule has 66 valence electrons. The molecule has 3 heteroatoms. The lowest BCUT2D eigenvalue weighted by molar-refractivity contribution is -0.149. The van der Waals surface area contributed by atoms with Crippen molar-refractivity contribution >= 4 is 0 Å². The summed E-state index contributed by atoms with van der Waals surface area (Å²) in [6.45, 7) is 4.51. The Kier molecular flexibility index (Phi) is 2.87. The normalized spacial score (nSPS) is 39.5. The molecule has 1 heterocycles. The maximum atomic E-state index is 9.43. The average Bonchev–Trinajstić information content (AvgIpc) is 1.94. The molecule has 0 spiro atoms. The fourth-order valence-corrected chi connectivity index (χ4v) is 1.40. The van der Waals surface area contributed by atoms with Gasteiger partial charge in [-0.1, -0.05) is 13.8 Å². The minimum atomic E-state index is -0.705. The van der Waals surface area contributed by atoms with Crippen molar-refractivity contribution in [2.24, 2.45) is 5.92 Å². The maximum absolute atomic E-state index is 9.43. The van der Waals surface area contributed by atoms with Crippen LogP contribution in [-0.2, 0) is 4.74 Å². The lowest BCUT2D eigenvalue weighted by atomic mass is 9.94. The van der Waals surface area contributed by atoms with Crippen molar-refractivity contribution in [3.63, 3.8) is 0 Å². The molecule has 0 aromatic heterocycles. The van der Waals surface area contributed by atoms with Gasteiger partial charge >= 0.3 is 0 Å². The number of rotatable bonds is 1. The topological polar surface area (TPSA) is 49.7 Å². The molecule has 3 atom stereocenters. The molecule has 1 aliphatic heterocycles. The predicted molar refractivity (Wildman–Crippen MR) is 41.2 cm³/mol. The fourth-order valence-electron chi connectivity index (χ4n) is 1.40. The van der Waals surface area contributed by atoms with Crippen molar-refractivity contribution < 1.29 is 14.9 Å². The van der Waals surface area contributed by atoms with Gasteiger partial charge in [0.1, 0.15) is 6.10 Å². The molecule has 0 amide bonds. The van der Waals surface area contributed by atoms with Crippen molar-refractivity contribution in [2.45, 2.75) is 38.6 Å². The molecule has 0 aliphatic carbocycles. The zero-order valence-electron chi connectivity index (χ0n) is 7.03. The highest BCUT2D eigenvalue weighted by Crippen LogP contribution is 2.20. The Hall–Kier alpha value is -0.120. The van der Waals surface area contributed by atoms with Crippen molar-refractivity contribution in [3.8, 4) is 0 Å². The molecule has 0 aromatic rings. The second kappa shape index (κ2) is 3.52. The van der Waals surface area contributed by atoms with Crippen LogP contribution in [0, 0.1) is 5.92 Å². The molecule has 2 N–H and O–H groups in total. The Balaban J connectivity index is 2.51. The first-order valence-corrected chi connectivity index (χ1v) is 4.10. The van der Waals surface area contributed by atoms with Crippen molar-refractivity contribution in [2.75, 3.05) is 6.61 Å². The van der Waals surface area contributed by atoms with Gasteiger partial charge in [0.25, 0.3) is 0 Å². The lowest BCUT2D eigenvalue weighted by Gasteiger charge is -2.34. The Morgan fingerprint density at radius 3 is 2.45 bits per heavy atom. The Bertz CT molecular complexity index is 125. The quantitative estimate of drug-likeness (QED) is 0.574. The zero-order valence-corrected chi connectivity index (χ0v) is 7.03. The number of aliphatic hydroxyl groups is 2. The third-order valence-electron chi connectivity index (χ3n) is 2.11. The van der Waals surface area contributed by atoms with Gasteiger partial charge in [-0.15, -0.1) is 0 Å². The molecule has 11 heavy (non-hydrogen) atoms. The maximum Gasteiger partial charge on any atom is 0.106 e. The van der Waals surface area contributed by atoms with E-state index in [1.807, 2.05) is 13.8 Å². The van der Waals surface area contributed by atoms with E-state index in [1.165, 1.54) is 0 Å². The van der Waals surface area contributed by atoms with E-state index in [1.54, 1.807) is 0 Å². The van der Waals surface area contributed by atoms with E-state index in [0.717, 1.165) is 0 Å². The van der Waals surface area contributed by atoms with Crippen molar-refractivity contribution in [1.29, 1.82) is 0 Å². The van der Waals surface area contributed by atoms with E-state index in [4.69, 9.17) is 4.74 Å². The van der Waals surface area contributed by atoms with Crippen LogP contribution in [0.15, 0.2) is 0 Å². The summed E-state index contributed by atoms with van der Waals surface area (Å²) < 4.78 is 5.31. The van der Waals surface area contributed by atoms with E-state index < -0.39 is 12.2 Å². The number of hydrogen-bond acceptors (Lipinski definition) is 3. The molecule has 1 saturated heterocycles. The van der Waals surface area contributed by atoms with E-state index >= 15 is 0 Å². The fraction of sp³-hybridized carbons (Fsp3) is 1.00. The lowest BCUT2D eigenvalue weighted by Crippen LogP contribution is -2.46. The zero-order chi connectivity index (χ0) is 8.43. The summed E-state index contributed by atoms with van der Waals surface area (Å²) in [4.78, 5) is 0. The molecular formula is C8H16O3. The van der Waals surface area contributed by atoms with Gasteiger partial charge in [-0.3, -0.25) is 0 Å². The van der Waals surface area contributed by atoms with E-state index in [-0.39, 0.29) is 12.0 Å². The first-order valence-electron chi connectivity index (χ1n) is 4.10. The third-order valence-corrected chi connectivity index (χ3v) is 2.11. The van der Waals surface area contributed by atoms with Crippen LogP contribution in [0.2, 0.25) is 0 Å². The molecule has 1 fully saturated rings. The summed E-state index contributed by atoms with van der Waals surface area (Å²) in [6, 6.07) is 0. The number of ether oxygens (including phenoxy) is 1. The Morgan fingerprint density at radius 2 is 2.00 bits per heavy atom. The van der Waals surface area contributed by atoms with Gasteiger partial charge < -0.3 is 14.9 Å². The van der Waals surface area contributed by atoms with Crippen LogP contribution >= 0.6 is 0 Å². The molecule has 0 saturated carbocycles. The monoisotopic (exact) mass is 160 g/mol. The smallest absolute Gasteiger partial charge is 0.106 e. The summed E-state index contributed by atoms with van der Waals surface area (Å²) in [5.41, 5.74) is 0. The minimum absolute atomic E-state index is 0.196. The molecule has 1 aliphatic rings. The van der Waals surface area contributed by atoms with E-state index in [2.05, 4.69) is 0 Å². The highest BCUT2D eigenvalue weighted by molar-refractivity contribution is 4.82. The summed E-state index contributed by atoms with van der Waals surface area (Å²) in [7, 11) is 0. The van der Waals surface area contributed by atoms with Gasteiger partial charge in [-0.2, -0.15) is 0 Å². The van der Waals surface area contributed by atoms with Crippen LogP contribution in [0.4, 0.5) is 0 Å². The first-order chi connectivity index (χ1) is 5.13. The van der Waals surface area contributed by atoms with Crippen LogP contribution in [-0.4, -0.2) is 35.1 Å². The molecule has 0 bridgehead atoms. The highest BCUT2D eigenvalue weighted by Gasteiger charge is 2.32. The predicted octanol–water partition coefficient (Wildman–Crippen LogP) is 0.153. The molecule has 1 rings (SSSR count). The Morgan fingerprint density at radius 1 is 1.36 bits per heavy atom. The Labute approximate surface area is 67.0 Å². The second-order valence-electron chi connectivity index (χ2n) is 3.43. The summed E-state index contributed by atoms with van der Waals surface area (Å²) in [5.74, 6) is 0.264. The minimum Gasteiger partial charge on any atom is -0.390 e. The SMILES string of the molecule is CC(C)C1OCCC(O)C1O. The van der Waals surface area contributed by atoms with Crippen LogP contribution < -0.4 is 0 Å². The van der Waals surface area contributed by atoms with Gasteiger partial charge in [0, 0.05) is 6.61 Å². The van der Waals surface area contributed by atoms with Crippen LogP contribution in [0.5, 0.6) is 0 Å². The van der Waals surface area contributed by atoms with Crippen LogP contribution in [0.1, 0.15) is 20.3 Å². The summed E-state index contributed by atoms with van der Waals surface area (Å²) >= 11 is 0. The average molecular weight is 160 g/mol. The molecule has 3 unspecified atom stereocenters. The molecule has 3 nitrogen and oxygen atoms in total. The number of aliphatic hydroxyl groups excluding tert-OH is 2. The highest BCUT2D eigenvalue weighted by atomic mass is 16.5. The standard InChI is InChI=1S/C8H16O3/c1-5(2)8-7(10)6(9)3-4-11-8/h5-10H,3-4H2,1-2H3. The second-order valence-corrected chi connectivity index (χ2v) is 3.43. The van der Waals surface area contributed by atoms with Crippen molar-refractivity contribution in [1.82, 2.24) is 0 Å². The van der Waals surface area contributed by atoms with Gasteiger partial charge in [-0.25, -0.2) is 0 Å². The summed E-state index contributed by atoms with van der Waals surface area (Å²) in [5, 5.41) is 18.7. The van der Waals surface area contributed by atoms with E-state index in [9.17, 15) is 10.2 Å². The van der Waals surface area contributed by atoms with Gasteiger partial charge in [0.15, 0.2) is 0 Å². The van der Waals surface area contributed by atoms with E-state index in [0.29, 0.717) is 13.0 Å². The van der Waals surface area contributed by atoms with Crippen LogP contribution in [0.25, 0.3) is 0 Å².